The van der Waals surface area contributed by atoms with Gasteiger partial charge in [0.05, 0.1) is 6.61 Å². The first-order valence-electron chi connectivity index (χ1n) is 5.83. The van der Waals surface area contributed by atoms with Gasteiger partial charge in [0.1, 0.15) is 5.75 Å². The molecule has 2 heteroatoms. The topological polar surface area (TPSA) is 21.3 Å². The van der Waals surface area contributed by atoms with Crippen LogP contribution in [0.4, 0.5) is 0 Å². The molecule has 16 heavy (non-hydrogen) atoms. The van der Waals surface area contributed by atoms with E-state index in [0.29, 0.717) is 0 Å². The summed E-state index contributed by atoms with van der Waals surface area (Å²) in [5, 5.41) is 3.28. The monoisotopic (exact) mass is 219 g/mol. The lowest BCUT2D eigenvalue weighted by atomic mass is 10.0. The Morgan fingerprint density at radius 1 is 1.44 bits per heavy atom. The summed E-state index contributed by atoms with van der Waals surface area (Å²) < 4.78 is 5.74. The number of hydrogen-bond donors (Lipinski definition) is 1. The van der Waals surface area contributed by atoms with Crippen LogP contribution in [0.3, 0.4) is 0 Å². The zero-order valence-corrected chi connectivity index (χ0v) is 10.2. The second-order valence-corrected chi connectivity index (χ2v) is 3.75. The summed E-state index contributed by atoms with van der Waals surface area (Å²) in [5.41, 5.74) is 1.21. The lowest BCUT2D eigenvalue weighted by Crippen LogP contribution is -2.16. The van der Waals surface area contributed by atoms with Crippen molar-refractivity contribution in [2.75, 3.05) is 13.7 Å². The molecule has 0 fully saturated rings. The smallest absolute Gasteiger partial charge is 0.124 e. The minimum absolute atomic E-state index is 0.283. The molecule has 0 heterocycles. The molecule has 1 rings (SSSR count). The molecular weight excluding hydrogens is 198 g/mol. The van der Waals surface area contributed by atoms with Gasteiger partial charge in [0, 0.05) is 11.6 Å². The summed E-state index contributed by atoms with van der Waals surface area (Å²) in [6.45, 7) is 6.66. The molecule has 1 N–H and O–H groups in total. The molecule has 0 aromatic heterocycles. The average molecular weight is 219 g/mol. The van der Waals surface area contributed by atoms with Gasteiger partial charge in [-0.25, -0.2) is 0 Å². The maximum Gasteiger partial charge on any atom is 0.124 e. The third-order valence-corrected chi connectivity index (χ3v) is 2.51. The molecule has 1 aromatic carbocycles. The standard InChI is InChI=1S/C14H21NO/c1-4-8-13(15-3)12-9-6-7-10-14(12)16-11-5-2/h4,6-7,9-10,13,15H,1,5,8,11H2,2-3H3. The van der Waals surface area contributed by atoms with Crippen LogP contribution in [0.15, 0.2) is 36.9 Å². The Bertz CT molecular complexity index is 322. The largest absolute Gasteiger partial charge is 0.493 e. The predicted octanol–water partition coefficient (Wildman–Crippen LogP) is 3.31. The zero-order chi connectivity index (χ0) is 11.8. The molecule has 0 bridgehead atoms. The third kappa shape index (κ3) is 3.38. The molecule has 0 aliphatic carbocycles. The van der Waals surface area contributed by atoms with Crippen LogP contribution in [-0.4, -0.2) is 13.7 Å². The first-order chi connectivity index (χ1) is 7.83. The summed E-state index contributed by atoms with van der Waals surface area (Å²) in [5.74, 6) is 0.977. The normalized spacial score (nSPS) is 12.1. The Kier molecular flexibility index (Phi) is 5.65. The molecule has 0 aliphatic heterocycles. The van der Waals surface area contributed by atoms with E-state index in [1.807, 2.05) is 31.3 Å². The van der Waals surface area contributed by atoms with Crippen molar-refractivity contribution in [3.63, 3.8) is 0 Å². The fraction of sp³-hybridized carbons (Fsp3) is 0.429. The van der Waals surface area contributed by atoms with Gasteiger partial charge in [-0.15, -0.1) is 6.58 Å². The molecule has 2 nitrogen and oxygen atoms in total. The molecule has 1 aromatic rings. The van der Waals surface area contributed by atoms with E-state index in [0.717, 1.165) is 25.2 Å². The Balaban J connectivity index is 2.86. The highest BCUT2D eigenvalue weighted by molar-refractivity contribution is 5.36. The van der Waals surface area contributed by atoms with E-state index in [1.54, 1.807) is 0 Å². The Hall–Kier alpha value is -1.28. The van der Waals surface area contributed by atoms with Gasteiger partial charge in [0.15, 0.2) is 0 Å². The first kappa shape index (κ1) is 12.8. The SMILES string of the molecule is C=CCC(NC)c1ccccc1OCCC. The van der Waals surface area contributed by atoms with Crippen molar-refractivity contribution in [2.45, 2.75) is 25.8 Å². The minimum atomic E-state index is 0.283. The van der Waals surface area contributed by atoms with Gasteiger partial charge in [-0.3, -0.25) is 0 Å². The molecule has 1 atom stereocenters. The molecule has 0 spiro atoms. The summed E-state index contributed by atoms with van der Waals surface area (Å²) in [6, 6.07) is 8.47. The Morgan fingerprint density at radius 3 is 2.81 bits per heavy atom. The van der Waals surface area contributed by atoms with Crippen molar-refractivity contribution in [2.24, 2.45) is 0 Å². The van der Waals surface area contributed by atoms with Gasteiger partial charge in [-0.05, 0) is 26.0 Å². The van der Waals surface area contributed by atoms with Crippen molar-refractivity contribution in [3.8, 4) is 5.75 Å². The first-order valence-corrected chi connectivity index (χ1v) is 5.83. The van der Waals surface area contributed by atoms with Gasteiger partial charge in [-0.1, -0.05) is 31.2 Å². The fourth-order valence-corrected chi connectivity index (χ4v) is 1.68. The molecule has 0 radical (unpaired) electrons. The average Bonchev–Trinajstić information content (AvgIpc) is 2.34. The number of para-hydroxylation sites is 1. The number of hydrogen-bond acceptors (Lipinski definition) is 2. The van der Waals surface area contributed by atoms with Gasteiger partial charge >= 0.3 is 0 Å². The fourth-order valence-electron chi connectivity index (χ4n) is 1.68. The molecule has 0 saturated heterocycles. The van der Waals surface area contributed by atoms with E-state index in [-0.39, 0.29) is 6.04 Å². The molecule has 0 amide bonds. The lowest BCUT2D eigenvalue weighted by Gasteiger charge is -2.18. The van der Waals surface area contributed by atoms with Crippen molar-refractivity contribution in [3.05, 3.63) is 42.5 Å². The third-order valence-electron chi connectivity index (χ3n) is 2.51. The van der Waals surface area contributed by atoms with Crippen LogP contribution in [0.25, 0.3) is 0 Å². The predicted molar refractivity (Wildman–Crippen MR) is 68.8 cm³/mol. The number of rotatable bonds is 7. The van der Waals surface area contributed by atoms with Crippen LogP contribution in [0, 0.1) is 0 Å². The van der Waals surface area contributed by atoms with E-state index in [1.165, 1.54) is 5.56 Å². The van der Waals surface area contributed by atoms with Gasteiger partial charge in [-0.2, -0.15) is 0 Å². The van der Waals surface area contributed by atoms with Gasteiger partial charge in [0.2, 0.25) is 0 Å². The summed E-state index contributed by atoms with van der Waals surface area (Å²) >= 11 is 0. The minimum Gasteiger partial charge on any atom is -0.493 e. The van der Waals surface area contributed by atoms with Crippen LogP contribution < -0.4 is 10.1 Å². The number of benzene rings is 1. The maximum absolute atomic E-state index is 5.74. The van der Waals surface area contributed by atoms with Crippen molar-refractivity contribution in [1.29, 1.82) is 0 Å². The van der Waals surface area contributed by atoms with E-state index in [2.05, 4.69) is 24.9 Å². The molecule has 0 saturated carbocycles. The number of ether oxygens (including phenoxy) is 1. The molecule has 88 valence electrons. The zero-order valence-electron chi connectivity index (χ0n) is 10.2. The summed E-state index contributed by atoms with van der Waals surface area (Å²) in [6.07, 6.45) is 3.86. The van der Waals surface area contributed by atoms with Gasteiger partial charge < -0.3 is 10.1 Å². The van der Waals surface area contributed by atoms with Crippen LogP contribution in [-0.2, 0) is 0 Å². The van der Waals surface area contributed by atoms with Crippen molar-refractivity contribution >= 4 is 0 Å². The van der Waals surface area contributed by atoms with Crippen molar-refractivity contribution in [1.82, 2.24) is 5.32 Å². The highest BCUT2D eigenvalue weighted by Gasteiger charge is 2.12. The van der Waals surface area contributed by atoms with E-state index >= 15 is 0 Å². The van der Waals surface area contributed by atoms with Crippen LogP contribution in [0.2, 0.25) is 0 Å². The highest BCUT2D eigenvalue weighted by atomic mass is 16.5. The van der Waals surface area contributed by atoms with E-state index in [4.69, 9.17) is 4.74 Å². The Labute approximate surface area is 98.3 Å². The lowest BCUT2D eigenvalue weighted by molar-refractivity contribution is 0.310. The molecular formula is C14H21NO. The van der Waals surface area contributed by atoms with Crippen LogP contribution in [0.5, 0.6) is 5.75 Å². The highest BCUT2D eigenvalue weighted by Crippen LogP contribution is 2.27. The van der Waals surface area contributed by atoms with Gasteiger partial charge in [0.25, 0.3) is 0 Å². The molecule has 0 aliphatic rings. The summed E-state index contributed by atoms with van der Waals surface area (Å²) in [4.78, 5) is 0. The second-order valence-electron chi connectivity index (χ2n) is 3.75. The molecule has 1 unspecified atom stereocenters. The van der Waals surface area contributed by atoms with Crippen LogP contribution in [0.1, 0.15) is 31.4 Å². The number of nitrogens with one attached hydrogen (secondary N) is 1. The maximum atomic E-state index is 5.74. The van der Waals surface area contributed by atoms with E-state index in [9.17, 15) is 0 Å². The van der Waals surface area contributed by atoms with E-state index < -0.39 is 0 Å². The van der Waals surface area contributed by atoms with Crippen LogP contribution >= 0.6 is 0 Å². The quantitative estimate of drug-likeness (QED) is 0.710. The second kappa shape index (κ2) is 7.07. The Morgan fingerprint density at radius 2 is 2.19 bits per heavy atom. The van der Waals surface area contributed by atoms with Crippen molar-refractivity contribution < 1.29 is 4.74 Å². The summed E-state index contributed by atoms with van der Waals surface area (Å²) in [7, 11) is 1.96.